The van der Waals surface area contributed by atoms with E-state index in [-0.39, 0.29) is 16.8 Å². The fourth-order valence-electron chi connectivity index (χ4n) is 6.55. The third-order valence-corrected chi connectivity index (χ3v) is 8.36. The van der Waals surface area contributed by atoms with Crippen LogP contribution in [0.25, 0.3) is 38.8 Å². The van der Waals surface area contributed by atoms with E-state index in [9.17, 15) is 9.18 Å². The third kappa shape index (κ3) is 3.23. The van der Waals surface area contributed by atoms with Crippen molar-refractivity contribution in [2.75, 3.05) is 11.4 Å². The molecule has 5 aromatic rings. The van der Waals surface area contributed by atoms with Gasteiger partial charge in [0.2, 0.25) is 5.95 Å². The Labute approximate surface area is 217 Å². The van der Waals surface area contributed by atoms with Crippen molar-refractivity contribution >= 4 is 33.4 Å². The van der Waals surface area contributed by atoms with Gasteiger partial charge in [0.1, 0.15) is 22.8 Å². The number of hydrogen-bond acceptors (Lipinski definition) is 5. The Morgan fingerprint density at radius 3 is 2.61 bits per heavy atom. The maximum absolute atomic E-state index is 15.1. The zero-order chi connectivity index (χ0) is 26.3. The molecule has 38 heavy (non-hydrogen) atoms. The van der Waals surface area contributed by atoms with Crippen molar-refractivity contribution in [1.29, 1.82) is 0 Å². The maximum atomic E-state index is 15.1. The van der Waals surface area contributed by atoms with Gasteiger partial charge >= 0.3 is 0 Å². The molecule has 0 spiro atoms. The average Bonchev–Trinajstić information content (AvgIpc) is 3.68. The minimum Gasteiger partial charge on any atom is -0.353 e. The molecule has 2 fully saturated rings. The molecule has 2 aromatic carbocycles. The Bertz CT molecular complexity index is 1760. The molecule has 0 amide bonds. The lowest BCUT2D eigenvalue weighted by Gasteiger charge is -2.31. The van der Waals surface area contributed by atoms with Crippen molar-refractivity contribution in [1.82, 2.24) is 24.5 Å². The van der Waals surface area contributed by atoms with Crippen molar-refractivity contribution in [3.63, 3.8) is 0 Å². The van der Waals surface area contributed by atoms with E-state index < -0.39 is 11.8 Å². The van der Waals surface area contributed by atoms with Gasteiger partial charge in [0.25, 0.3) is 0 Å². The van der Waals surface area contributed by atoms with Crippen LogP contribution in [0, 0.1) is 30.5 Å². The molecule has 0 N–H and O–H groups in total. The molecule has 0 unspecified atom stereocenters. The number of benzene rings is 2. The number of nitrogens with zero attached hydrogens (tertiary/aromatic N) is 6. The van der Waals surface area contributed by atoms with Crippen LogP contribution in [-0.2, 0) is 11.8 Å². The molecule has 2 aliphatic rings. The smallest absolute Gasteiger partial charge is 0.219 e. The van der Waals surface area contributed by atoms with Gasteiger partial charge in [0.05, 0.1) is 22.8 Å². The average molecular weight is 513 g/mol. The summed E-state index contributed by atoms with van der Waals surface area (Å²) in [5.74, 6) is 0.585. The van der Waals surface area contributed by atoms with E-state index in [1.54, 1.807) is 19.2 Å². The summed E-state index contributed by atoms with van der Waals surface area (Å²) in [6.45, 7) is 4.56. The van der Waals surface area contributed by atoms with Crippen LogP contribution in [-0.4, -0.2) is 42.9 Å². The van der Waals surface area contributed by atoms with Crippen molar-refractivity contribution in [3.8, 4) is 16.9 Å². The monoisotopic (exact) mass is 512 g/mol. The molecule has 3 aromatic heterocycles. The van der Waals surface area contributed by atoms with Gasteiger partial charge in [-0.3, -0.25) is 4.79 Å². The Balaban J connectivity index is 1.32. The molecule has 7 rings (SSSR count). The number of anilines is 1. The van der Waals surface area contributed by atoms with Crippen LogP contribution in [0.5, 0.6) is 0 Å². The predicted octanol–water partition coefficient (Wildman–Crippen LogP) is 5.36. The molecule has 1 aliphatic heterocycles. The minimum absolute atomic E-state index is 0.0178. The topological polar surface area (TPSA) is 68.8 Å². The number of aryl methyl sites for hydroxylation is 2. The minimum atomic E-state index is -0.609. The number of Topliss-reactive ketones (excluding diaryl/α,β-unsaturated/α-hetero) is 1. The summed E-state index contributed by atoms with van der Waals surface area (Å²) in [7, 11) is 1.46. The standard InChI is InChI=1S/C29H26F2N6O/c1-15-5-4-6-21-26(20-8-9-23(30)27-25(20)29(31)35(3)33-27)34-37(28(15)21)18-7-10-24(32-13-18)36-14-17-11-19(36)12-22(17)16(2)38/h4-10,13,17,19,22H,11-12,14H2,1-3H3/t17-,19-,22-/m0/s1. The number of hydrogen-bond donors (Lipinski definition) is 0. The lowest BCUT2D eigenvalue weighted by Crippen LogP contribution is -2.37. The van der Waals surface area contributed by atoms with Gasteiger partial charge in [-0.1, -0.05) is 18.2 Å². The summed E-state index contributed by atoms with van der Waals surface area (Å²) in [5, 5.41) is 9.90. The zero-order valence-corrected chi connectivity index (χ0v) is 21.3. The van der Waals surface area contributed by atoms with Crippen molar-refractivity contribution in [2.45, 2.75) is 32.7 Å². The highest BCUT2D eigenvalue weighted by atomic mass is 19.1. The van der Waals surface area contributed by atoms with Crippen molar-refractivity contribution < 1.29 is 13.6 Å². The second-order valence-electron chi connectivity index (χ2n) is 10.6. The number of rotatable bonds is 4. The van der Waals surface area contributed by atoms with Gasteiger partial charge in [-0.05, 0) is 62.4 Å². The van der Waals surface area contributed by atoms with E-state index in [4.69, 9.17) is 10.1 Å². The first-order chi connectivity index (χ1) is 18.3. The van der Waals surface area contributed by atoms with Crippen LogP contribution in [0.4, 0.5) is 14.6 Å². The first-order valence-corrected chi connectivity index (χ1v) is 12.8. The number of ketones is 1. The van der Waals surface area contributed by atoms with E-state index in [0.29, 0.717) is 29.0 Å². The summed E-state index contributed by atoms with van der Waals surface area (Å²) in [5.41, 5.74) is 3.67. The number of fused-ring (bicyclic) bond motifs is 4. The SMILES string of the molecule is CC(=O)[C@@H]1C[C@@H]2C[C@H]1CN2c1ccc(-n2nc(-c3ccc(F)c4nn(C)c(F)c34)c3cccc(C)c32)cn1. The molecule has 2 bridgehead atoms. The number of carbonyl (C=O) groups is 1. The normalized spacial score (nSPS) is 20.8. The molecule has 1 saturated carbocycles. The van der Waals surface area contributed by atoms with E-state index in [1.165, 1.54) is 13.1 Å². The second-order valence-corrected chi connectivity index (χ2v) is 10.6. The van der Waals surface area contributed by atoms with Gasteiger partial charge in [0.15, 0.2) is 5.82 Å². The quantitative estimate of drug-likeness (QED) is 0.324. The van der Waals surface area contributed by atoms with E-state index in [2.05, 4.69) is 10.00 Å². The van der Waals surface area contributed by atoms with Gasteiger partial charge < -0.3 is 4.90 Å². The van der Waals surface area contributed by atoms with Crippen LogP contribution in [0.3, 0.4) is 0 Å². The van der Waals surface area contributed by atoms with Gasteiger partial charge in [-0.2, -0.15) is 14.6 Å². The number of pyridine rings is 1. The Morgan fingerprint density at radius 1 is 1.05 bits per heavy atom. The summed E-state index contributed by atoms with van der Waals surface area (Å²) >= 11 is 0. The van der Waals surface area contributed by atoms with Crippen LogP contribution in [0.2, 0.25) is 0 Å². The highest BCUT2D eigenvalue weighted by molar-refractivity contribution is 6.04. The number of piperidine rings is 1. The van der Waals surface area contributed by atoms with Crippen molar-refractivity contribution in [3.05, 3.63) is 66.0 Å². The van der Waals surface area contributed by atoms with Crippen LogP contribution in [0.15, 0.2) is 48.7 Å². The molecule has 0 radical (unpaired) electrons. The molecule has 4 heterocycles. The van der Waals surface area contributed by atoms with Crippen molar-refractivity contribution in [2.24, 2.45) is 18.9 Å². The Kier molecular flexibility index (Phi) is 4.95. The molecule has 9 heteroatoms. The lowest BCUT2D eigenvalue weighted by molar-refractivity contribution is -0.121. The molecule has 192 valence electrons. The Morgan fingerprint density at radius 2 is 1.89 bits per heavy atom. The van der Waals surface area contributed by atoms with Crippen LogP contribution >= 0.6 is 0 Å². The van der Waals surface area contributed by atoms with Crippen LogP contribution in [0.1, 0.15) is 25.3 Å². The Hall–Kier alpha value is -4.14. The number of para-hydroxylation sites is 1. The fourth-order valence-corrected chi connectivity index (χ4v) is 6.55. The first kappa shape index (κ1) is 23.0. The van der Waals surface area contributed by atoms with Gasteiger partial charge in [0, 0.05) is 36.5 Å². The van der Waals surface area contributed by atoms with E-state index in [0.717, 1.165) is 52.0 Å². The maximum Gasteiger partial charge on any atom is 0.219 e. The molecule has 1 aliphatic carbocycles. The lowest BCUT2D eigenvalue weighted by atomic mass is 9.91. The molecule has 7 nitrogen and oxygen atoms in total. The molecular weight excluding hydrogens is 486 g/mol. The molecular formula is C29H26F2N6O. The highest BCUT2D eigenvalue weighted by Gasteiger charge is 2.46. The number of halogens is 2. The second kappa shape index (κ2) is 8.18. The predicted molar refractivity (Wildman–Crippen MR) is 141 cm³/mol. The number of aromatic nitrogens is 5. The number of carbonyl (C=O) groups excluding carboxylic acids is 1. The van der Waals surface area contributed by atoms with Gasteiger partial charge in [-0.15, -0.1) is 0 Å². The largest absolute Gasteiger partial charge is 0.353 e. The fraction of sp³-hybridized carbons (Fsp3) is 0.310. The molecule has 3 atom stereocenters. The summed E-state index contributed by atoms with van der Waals surface area (Å²) in [6.07, 6.45) is 3.74. The van der Waals surface area contributed by atoms with Crippen LogP contribution < -0.4 is 4.90 Å². The molecule has 1 saturated heterocycles. The first-order valence-electron chi connectivity index (χ1n) is 12.8. The van der Waals surface area contributed by atoms with Gasteiger partial charge in [-0.25, -0.2) is 18.7 Å². The van der Waals surface area contributed by atoms with E-state index >= 15 is 4.39 Å². The third-order valence-electron chi connectivity index (χ3n) is 8.36. The van der Waals surface area contributed by atoms with E-state index in [1.807, 2.05) is 41.9 Å². The summed E-state index contributed by atoms with van der Waals surface area (Å²) < 4.78 is 32.5. The summed E-state index contributed by atoms with van der Waals surface area (Å²) in [6, 6.07) is 13.1. The summed E-state index contributed by atoms with van der Waals surface area (Å²) in [4.78, 5) is 19.0. The highest BCUT2D eigenvalue weighted by Crippen LogP contribution is 2.44. The zero-order valence-electron chi connectivity index (χ0n) is 21.3.